The number of imidazole rings is 1. The highest BCUT2D eigenvalue weighted by Gasteiger charge is 2.62. The molecule has 0 spiro atoms. The Balaban J connectivity index is 1.45. The molecule has 13 atom stereocenters. The summed E-state index contributed by atoms with van der Waals surface area (Å²) in [6.45, 7) is 14.7. The van der Waals surface area contributed by atoms with Gasteiger partial charge in [0, 0.05) is 67.6 Å². The number of nitrogens with zero attached hydrogens (tertiary/aromatic N) is 5. The Morgan fingerprint density at radius 3 is 2.35 bits per heavy atom. The number of likely N-dealkylation sites (N-methyl/N-ethyl adjacent to an activating group) is 1. The molecule has 0 radical (unpaired) electrons. The molecule has 5 heterocycles. The van der Waals surface area contributed by atoms with Crippen LogP contribution < -0.4 is 0 Å². The van der Waals surface area contributed by atoms with Crippen molar-refractivity contribution in [3.63, 3.8) is 0 Å². The zero-order chi connectivity index (χ0) is 44.3. The first kappa shape index (κ1) is 46.9. The number of unbranched alkanes of at least 4 members (excludes halogenated alkanes) is 1. The van der Waals surface area contributed by atoms with E-state index >= 15 is 0 Å². The van der Waals surface area contributed by atoms with Crippen LogP contribution in [0.2, 0.25) is 0 Å². The summed E-state index contributed by atoms with van der Waals surface area (Å²) in [5.74, 6) is -2.81. The molecule has 0 bridgehead atoms. The lowest BCUT2D eigenvalue weighted by molar-refractivity contribution is -0.295. The van der Waals surface area contributed by atoms with Gasteiger partial charge in [-0.3, -0.25) is 24.3 Å². The largest absolute Gasteiger partial charge is 0.456 e. The number of carbonyl (C=O) groups excluding carboxylic acids is 4. The summed E-state index contributed by atoms with van der Waals surface area (Å²) in [6, 6.07) is 2.60. The maximum atomic E-state index is 14.8. The van der Waals surface area contributed by atoms with Crippen LogP contribution in [0.25, 0.3) is 11.3 Å². The molecule has 2 aromatic heterocycles. The van der Waals surface area contributed by atoms with E-state index in [1.54, 1.807) is 47.1 Å². The van der Waals surface area contributed by atoms with Crippen LogP contribution in [0.5, 0.6) is 0 Å². The SMILES string of the molecule is C#C[C@]12OC(=O)N(CCCCn3cnc(-c4ccc(C)nc4)c3)[C@@H]1[C@@H](C)C(=O)[C@H](C)C[C@](C)(OC)[C@H](OC1O[C@H](C)C[C@H](N(C)C)[C@H]1O)[C@@H](C)C(=O)[C@@H](C)C(=O)O[C@@H]2CC. The third-order valence-corrected chi connectivity index (χ3v) is 12.9. The average molecular weight is 836 g/mol. The summed E-state index contributed by atoms with van der Waals surface area (Å²) in [4.78, 5) is 69.4. The van der Waals surface area contributed by atoms with Crippen LogP contribution in [0.15, 0.2) is 30.9 Å². The quantitative estimate of drug-likeness (QED) is 0.141. The van der Waals surface area contributed by atoms with Crippen LogP contribution in [0.3, 0.4) is 0 Å². The maximum Gasteiger partial charge on any atom is 0.411 e. The maximum absolute atomic E-state index is 14.8. The Hall–Kier alpha value is -4.20. The van der Waals surface area contributed by atoms with E-state index in [4.69, 9.17) is 30.1 Å². The van der Waals surface area contributed by atoms with Gasteiger partial charge < -0.3 is 38.3 Å². The van der Waals surface area contributed by atoms with Gasteiger partial charge in [-0.2, -0.15) is 0 Å². The molecule has 0 aliphatic carbocycles. The van der Waals surface area contributed by atoms with E-state index in [2.05, 4.69) is 15.9 Å². The fourth-order valence-corrected chi connectivity index (χ4v) is 9.37. The van der Waals surface area contributed by atoms with Crippen LogP contribution in [-0.2, 0) is 44.6 Å². The van der Waals surface area contributed by atoms with Gasteiger partial charge in [-0.1, -0.05) is 33.6 Å². The lowest BCUT2D eigenvalue weighted by atomic mass is 9.73. The molecular formula is C45H65N5O10. The highest BCUT2D eigenvalue weighted by Crippen LogP contribution is 2.43. The second kappa shape index (κ2) is 19.2. The Bertz CT molecular complexity index is 1880. The molecule has 1 unspecified atom stereocenters. The number of cyclic esters (lactones) is 1. The first-order valence-electron chi connectivity index (χ1n) is 21.2. The Kier molecular flexibility index (Phi) is 15.0. The van der Waals surface area contributed by atoms with Crippen LogP contribution >= 0.6 is 0 Å². The van der Waals surface area contributed by atoms with Crippen molar-refractivity contribution in [2.75, 3.05) is 27.7 Å². The van der Waals surface area contributed by atoms with E-state index < -0.39 is 83.4 Å². The number of aliphatic hydroxyl groups excluding tert-OH is 1. The number of hydrogen-bond acceptors (Lipinski definition) is 13. The second-order valence-corrected chi connectivity index (χ2v) is 17.5. The summed E-state index contributed by atoms with van der Waals surface area (Å²) in [6.07, 6.45) is 8.26. The number of aromatic nitrogens is 3. The minimum Gasteiger partial charge on any atom is -0.456 e. The summed E-state index contributed by atoms with van der Waals surface area (Å²) in [7, 11) is 5.20. The molecule has 1 amide bonds. The number of pyridine rings is 1. The molecule has 3 saturated heterocycles. The minimum atomic E-state index is -1.83. The predicted octanol–water partition coefficient (Wildman–Crippen LogP) is 4.85. The van der Waals surface area contributed by atoms with Crippen molar-refractivity contribution < 1.29 is 48.0 Å². The monoisotopic (exact) mass is 835 g/mol. The van der Waals surface area contributed by atoms with Crippen molar-refractivity contribution >= 4 is 23.6 Å². The smallest absolute Gasteiger partial charge is 0.411 e. The number of ether oxygens (including phenoxy) is 5. The molecule has 3 fully saturated rings. The normalized spacial score (nSPS) is 35.7. The first-order chi connectivity index (χ1) is 28.3. The number of carbonyl (C=O) groups is 4. The van der Waals surface area contributed by atoms with Crippen molar-refractivity contribution in [3.8, 4) is 23.6 Å². The number of esters is 1. The molecule has 0 saturated carbocycles. The molecule has 60 heavy (non-hydrogen) atoms. The zero-order valence-electron chi connectivity index (χ0n) is 37.1. The standard InChI is InChI=1S/C45H65N5O10/c1-13-35-45(14-2)39(50(43(55)60-45)20-16-15-19-49-24-33(47-25-49)32-18-17-27(4)46-23-32)29(6)36(51)26(3)22-44(9,56-12)40(30(7)37(52)31(8)41(54)58-35)59-42-38(53)34(48(10)11)21-28(5)57-42/h2,17-18,23-26,28-31,34-35,38-40,42,53H,13,15-16,19-22H2,1,3-12H3/t26-,28-,29+,30+,31-,34+,35-,38-,39-,40-,42?,44+,45-/m1/s1. The van der Waals surface area contributed by atoms with Gasteiger partial charge in [-0.05, 0) is 86.0 Å². The van der Waals surface area contributed by atoms with E-state index in [-0.39, 0.29) is 37.3 Å². The number of rotatable bonds is 11. The van der Waals surface area contributed by atoms with Crippen molar-refractivity contribution in [1.29, 1.82) is 0 Å². The third kappa shape index (κ3) is 9.48. The zero-order valence-corrected chi connectivity index (χ0v) is 37.1. The Morgan fingerprint density at radius 2 is 1.73 bits per heavy atom. The number of hydrogen-bond donors (Lipinski definition) is 1. The topological polar surface area (TPSA) is 172 Å². The Labute approximate surface area is 354 Å². The van der Waals surface area contributed by atoms with Crippen molar-refractivity contribution in [2.45, 2.75) is 148 Å². The minimum absolute atomic E-state index is 0.0800. The van der Waals surface area contributed by atoms with Gasteiger partial charge in [0.25, 0.3) is 0 Å². The molecular weight excluding hydrogens is 771 g/mol. The fraction of sp³-hybridized carbons (Fsp3) is 0.689. The third-order valence-electron chi connectivity index (χ3n) is 12.9. The number of ketones is 2. The molecule has 2 aromatic rings. The predicted molar refractivity (Wildman–Crippen MR) is 222 cm³/mol. The summed E-state index contributed by atoms with van der Waals surface area (Å²) in [5.41, 5.74) is -0.522. The lowest BCUT2D eigenvalue weighted by Gasteiger charge is -2.47. The van der Waals surface area contributed by atoms with Crippen LogP contribution in [0, 0.1) is 42.9 Å². The number of Topliss-reactive ketones (excluding diaryl/α,β-unsaturated/α-hetero) is 2. The highest BCUT2D eigenvalue weighted by molar-refractivity contribution is 6.00. The number of amides is 1. The lowest BCUT2D eigenvalue weighted by Crippen LogP contribution is -2.60. The van der Waals surface area contributed by atoms with Crippen molar-refractivity contribution in [2.24, 2.45) is 23.7 Å². The molecule has 3 aliphatic heterocycles. The molecule has 15 heteroatoms. The molecule has 5 rings (SSSR count). The Morgan fingerprint density at radius 1 is 1.03 bits per heavy atom. The van der Waals surface area contributed by atoms with E-state index in [1.165, 1.54) is 18.9 Å². The van der Waals surface area contributed by atoms with Gasteiger partial charge >= 0.3 is 12.1 Å². The molecule has 1 N–H and O–H groups in total. The van der Waals surface area contributed by atoms with Gasteiger partial charge in [-0.25, -0.2) is 9.78 Å². The first-order valence-corrected chi connectivity index (χ1v) is 21.2. The summed E-state index contributed by atoms with van der Waals surface area (Å²) < 4.78 is 33.1. The van der Waals surface area contributed by atoms with E-state index in [1.807, 2.05) is 55.7 Å². The average Bonchev–Trinajstić information content (AvgIpc) is 3.81. The van der Waals surface area contributed by atoms with E-state index in [9.17, 15) is 24.3 Å². The molecule has 0 aromatic carbocycles. The number of aryl methyl sites for hydroxylation is 2. The number of methoxy groups -OCH3 is 1. The van der Waals surface area contributed by atoms with Crippen molar-refractivity contribution in [3.05, 3.63) is 36.5 Å². The second-order valence-electron chi connectivity index (χ2n) is 17.5. The van der Waals surface area contributed by atoms with Crippen molar-refractivity contribution in [1.82, 2.24) is 24.3 Å². The fourth-order valence-electron chi connectivity index (χ4n) is 9.37. The van der Waals surface area contributed by atoms with E-state index in [0.717, 1.165) is 17.0 Å². The van der Waals surface area contributed by atoms with Gasteiger partial charge in [0.1, 0.15) is 17.8 Å². The van der Waals surface area contributed by atoms with Crippen LogP contribution in [0.4, 0.5) is 4.79 Å². The molecule has 15 nitrogen and oxygen atoms in total. The summed E-state index contributed by atoms with van der Waals surface area (Å²) >= 11 is 0. The molecule has 330 valence electrons. The number of terminal acetylenes is 1. The van der Waals surface area contributed by atoms with Gasteiger partial charge in [0.15, 0.2) is 18.2 Å². The van der Waals surface area contributed by atoms with Gasteiger partial charge in [0.05, 0.1) is 35.9 Å². The van der Waals surface area contributed by atoms with Gasteiger partial charge in [-0.15, -0.1) is 6.42 Å². The number of aliphatic hydroxyl groups is 1. The summed E-state index contributed by atoms with van der Waals surface area (Å²) in [5, 5.41) is 11.5. The van der Waals surface area contributed by atoms with Gasteiger partial charge in [0.2, 0.25) is 5.60 Å². The highest BCUT2D eigenvalue weighted by atomic mass is 16.7. The van der Waals surface area contributed by atoms with Crippen LogP contribution in [-0.4, -0.2) is 135 Å². The molecule has 3 aliphatic rings. The van der Waals surface area contributed by atoms with E-state index in [0.29, 0.717) is 25.8 Å². The van der Waals surface area contributed by atoms with Crippen LogP contribution in [0.1, 0.15) is 86.3 Å². The number of fused-ring (bicyclic) bond motifs is 1.